The maximum atomic E-state index is 11.7. The Morgan fingerprint density at radius 2 is 2.18 bits per heavy atom. The number of hydrogen-bond donors (Lipinski definition) is 2. The lowest BCUT2D eigenvalue weighted by Gasteiger charge is -2.36. The Kier molecular flexibility index (Phi) is 3.42. The minimum absolute atomic E-state index is 0.101. The Morgan fingerprint density at radius 3 is 2.86 bits per heavy atom. The molecule has 1 amide bonds. The van der Waals surface area contributed by atoms with Gasteiger partial charge in [0.1, 0.15) is 5.60 Å². The van der Waals surface area contributed by atoms with Crippen molar-refractivity contribution in [2.45, 2.75) is 51.3 Å². The first kappa shape index (κ1) is 14.6. The summed E-state index contributed by atoms with van der Waals surface area (Å²) in [5.41, 5.74) is 6.23. The van der Waals surface area contributed by atoms with Crippen LogP contribution in [0.4, 0.5) is 10.6 Å². The highest BCUT2D eigenvalue weighted by atomic mass is 16.6. The van der Waals surface area contributed by atoms with Gasteiger partial charge in [0, 0.05) is 12.2 Å². The average molecular weight is 303 g/mol. The fourth-order valence-electron chi connectivity index (χ4n) is 2.63. The normalized spacial score (nSPS) is 21.4. The molecule has 118 valence electrons. The van der Waals surface area contributed by atoms with Crippen LogP contribution in [0.15, 0.2) is 18.3 Å². The van der Waals surface area contributed by atoms with Crippen LogP contribution in [0.1, 0.15) is 39.7 Å². The highest BCUT2D eigenvalue weighted by Gasteiger charge is 2.34. The number of hydrogen-bond acceptors (Lipinski definition) is 5. The quantitative estimate of drug-likeness (QED) is 0.887. The van der Waals surface area contributed by atoms with Gasteiger partial charge in [-0.3, -0.25) is 0 Å². The molecule has 2 aromatic heterocycles. The number of carbonyl (C=O) groups excluding carboxylic acids is 1. The molecule has 0 aromatic carbocycles. The largest absolute Gasteiger partial charge is 0.444 e. The summed E-state index contributed by atoms with van der Waals surface area (Å²) in [6.45, 7) is 5.54. The second-order valence-electron chi connectivity index (χ2n) is 6.67. The molecule has 2 heterocycles. The third-order valence-corrected chi connectivity index (χ3v) is 3.68. The topological polar surface area (TPSA) is 95.1 Å². The summed E-state index contributed by atoms with van der Waals surface area (Å²) in [4.78, 5) is 16.1. The third kappa shape index (κ3) is 2.84. The molecule has 0 spiro atoms. The van der Waals surface area contributed by atoms with Crippen molar-refractivity contribution in [1.82, 2.24) is 20.1 Å². The fraction of sp³-hybridized carbons (Fsp3) is 0.533. The number of nitrogens with zero attached hydrogens (tertiary/aromatic N) is 3. The van der Waals surface area contributed by atoms with Crippen molar-refractivity contribution < 1.29 is 9.53 Å². The van der Waals surface area contributed by atoms with Crippen LogP contribution in [-0.2, 0) is 4.74 Å². The number of alkyl carbamates (subject to hydrolysis) is 1. The van der Waals surface area contributed by atoms with E-state index in [0.29, 0.717) is 5.82 Å². The van der Waals surface area contributed by atoms with E-state index >= 15 is 0 Å². The van der Waals surface area contributed by atoms with Gasteiger partial charge in [0.05, 0.1) is 11.4 Å². The molecule has 0 aliphatic heterocycles. The van der Waals surface area contributed by atoms with Crippen molar-refractivity contribution in [2.24, 2.45) is 0 Å². The molecule has 0 bridgehead atoms. The number of fused-ring (bicyclic) bond motifs is 1. The van der Waals surface area contributed by atoms with E-state index in [4.69, 9.17) is 10.5 Å². The second-order valence-corrected chi connectivity index (χ2v) is 6.67. The lowest BCUT2D eigenvalue weighted by molar-refractivity contribution is 0.0454. The molecule has 1 aliphatic rings. The van der Waals surface area contributed by atoms with Gasteiger partial charge < -0.3 is 15.8 Å². The average Bonchev–Trinajstić information content (AvgIpc) is 2.69. The molecular weight excluding hydrogens is 282 g/mol. The first-order valence-electron chi connectivity index (χ1n) is 7.42. The van der Waals surface area contributed by atoms with E-state index in [-0.39, 0.29) is 18.2 Å². The van der Waals surface area contributed by atoms with E-state index < -0.39 is 5.60 Å². The van der Waals surface area contributed by atoms with E-state index in [1.165, 1.54) is 0 Å². The lowest BCUT2D eigenvalue weighted by Crippen LogP contribution is -2.46. The van der Waals surface area contributed by atoms with Crippen LogP contribution in [0.3, 0.4) is 0 Å². The summed E-state index contributed by atoms with van der Waals surface area (Å²) < 4.78 is 7.11. The van der Waals surface area contributed by atoms with Gasteiger partial charge in [-0.15, -0.1) is 0 Å². The highest BCUT2D eigenvalue weighted by molar-refractivity contribution is 5.86. The van der Waals surface area contributed by atoms with Crippen molar-refractivity contribution in [2.75, 3.05) is 5.73 Å². The van der Waals surface area contributed by atoms with Crippen molar-refractivity contribution in [1.29, 1.82) is 0 Å². The molecule has 0 radical (unpaired) electrons. The first-order chi connectivity index (χ1) is 10.3. The number of nitrogens with two attached hydrogens (primary N) is 1. The molecular formula is C15H21N5O2. The number of pyridine rings is 1. The van der Waals surface area contributed by atoms with E-state index in [1.54, 1.807) is 6.20 Å². The lowest BCUT2D eigenvalue weighted by atomic mass is 9.87. The van der Waals surface area contributed by atoms with Gasteiger partial charge in [0.25, 0.3) is 0 Å². The molecule has 1 saturated carbocycles. The smallest absolute Gasteiger partial charge is 0.407 e. The van der Waals surface area contributed by atoms with Crippen LogP contribution in [0.25, 0.3) is 11.0 Å². The number of ether oxygens (including phenoxy) is 1. The fourth-order valence-corrected chi connectivity index (χ4v) is 2.63. The molecule has 1 aliphatic carbocycles. The zero-order valence-electron chi connectivity index (χ0n) is 13.0. The Labute approximate surface area is 128 Å². The molecule has 7 heteroatoms. The number of anilines is 1. The zero-order chi connectivity index (χ0) is 15.9. The SMILES string of the molecule is CC(C)(C)OC(=O)N[C@H]1C[C@H](n2nc(N)c3cccnc32)C1. The summed E-state index contributed by atoms with van der Waals surface area (Å²) in [6.07, 6.45) is 2.95. The Balaban J connectivity index is 1.62. The summed E-state index contributed by atoms with van der Waals surface area (Å²) in [6, 6.07) is 4.06. The van der Waals surface area contributed by atoms with Crippen LogP contribution in [-0.4, -0.2) is 32.5 Å². The predicted octanol–water partition coefficient (Wildman–Crippen LogP) is 2.24. The van der Waals surface area contributed by atoms with Crippen LogP contribution in [0.2, 0.25) is 0 Å². The van der Waals surface area contributed by atoms with E-state index in [2.05, 4.69) is 15.4 Å². The molecule has 3 N–H and O–H groups in total. The summed E-state index contributed by atoms with van der Waals surface area (Å²) in [7, 11) is 0. The van der Waals surface area contributed by atoms with Crippen LogP contribution in [0.5, 0.6) is 0 Å². The first-order valence-corrected chi connectivity index (χ1v) is 7.42. The van der Waals surface area contributed by atoms with Gasteiger partial charge in [-0.1, -0.05) is 0 Å². The van der Waals surface area contributed by atoms with Crippen molar-refractivity contribution >= 4 is 22.9 Å². The monoisotopic (exact) mass is 303 g/mol. The molecule has 0 atom stereocenters. The molecule has 22 heavy (non-hydrogen) atoms. The Morgan fingerprint density at radius 1 is 1.45 bits per heavy atom. The maximum Gasteiger partial charge on any atom is 0.407 e. The molecule has 1 fully saturated rings. The van der Waals surface area contributed by atoms with Crippen molar-refractivity contribution in [3.05, 3.63) is 18.3 Å². The summed E-state index contributed by atoms with van der Waals surface area (Å²) in [5, 5.41) is 8.11. The number of carbonyl (C=O) groups is 1. The van der Waals surface area contributed by atoms with Crippen LogP contribution < -0.4 is 11.1 Å². The number of rotatable bonds is 2. The maximum absolute atomic E-state index is 11.7. The van der Waals surface area contributed by atoms with Crippen molar-refractivity contribution in [3.63, 3.8) is 0 Å². The number of amides is 1. The Hall–Kier alpha value is -2.31. The van der Waals surface area contributed by atoms with Gasteiger partial charge in [-0.25, -0.2) is 14.5 Å². The van der Waals surface area contributed by atoms with Gasteiger partial charge in [0.2, 0.25) is 0 Å². The zero-order valence-corrected chi connectivity index (χ0v) is 13.0. The van der Waals surface area contributed by atoms with E-state index in [1.807, 2.05) is 37.6 Å². The number of nitrogen functional groups attached to an aromatic ring is 1. The highest BCUT2D eigenvalue weighted by Crippen LogP contribution is 2.35. The van der Waals surface area contributed by atoms with E-state index in [9.17, 15) is 4.79 Å². The predicted molar refractivity (Wildman–Crippen MR) is 83.4 cm³/mol. The summed E-state index contributed by atoms with van der Waals surface area (Å²) >= 11 is 0. The third-order valence-electron chi connectivity index (χ3n) is 3.68. The van der Waals surface area contributed by atoms with Gasteiger partial charge >= 0.3 is 6.09 Å². The molecule has 2 aromatic rings. The Bertz CT molecular complexity index is 698. The minimum Gasteiger partial charge on any atom is -0.444 e. The number of aromatic nitrogens is 3. The second kappa shape index (κ2) is 5.15. The molecule has 0 unspecified atom stereocenters. The molecule has 3 rings (SSSR count). The van der Waals surface area contributed by atoms with Crippen LogP contribution in [0, 0.1) is 0 Å². The molecule has 7 nitrogen and oxygen atoms in total. The van der Waals surface area contributed by atoms with Crippen molar-refractivity contribution in [3.8, 4) is 0 Å². The summed E-state index contributed by atoms with van der Waals surface area (Å²) in [5.74, 6) is 0.492. The van der Waals surface area contributed by atoms with Gasteiger partial charge in [-0.05, 0) is 45.7 Å². The van der Waals surface area contributed by atoms with Gasteiger partial charge in [-0.2, -0.15) is 5.10 Å². The van der Waals surface area contributed by atoms with Gasteiger partial charge in [0.15, 0.2) is 11.5 Å². The minimum atomic E-state index is -0.482. The van der Waals surface area contributed by atoms with E-state index in [0.717, 1.165) is 23.9 Å². The molecule has 0 saturated heterocycles. The standard InChI is InChI=1S/C15H21N5O2/c1-15(2,3)22-14(21)18-9-7-10(8-9)20-13-11(12(16)19-20)5-4-6-17-13/h4-6,9-10H,7-8H2,1-3H3,(H2,16,19)(H,18,21)/t9-,10-. The van der Waals surface area contributed by atoms with Crippen LogP contribution >= 0.6 is 0 Å². The number of nitrogens with one attached hydrogen (secondary N) is 1.